The number of hydrogen-bond donors (Lipinski definition) is 1. The number of aliphatic hydroxyl groups is 1. The van der Waals surface area contributed by atoms with Crippen LogP contribution in [0.4, 0.5) is 0 Å². The Labute approximate surface area is 101 Å². The van der Waals surface area contributed by atoms with E-state index in [9.17, 15) is 4.79 Å². The van der Waals surface area contributed by atoms with Gasteiger partial charge in [-0.15, -0.1) is 0 Å². The topological polar surface area (TPSA) is 40.5 Å². The molecule has 1 rings (SSSR count). The second-order valence-electron chi connectivity index (χ2n) is 3.85. The van der Waals surface area contributed by atoms with E-state index in [0.29, 0.717) is 10.6 Å². The molecular weight excluding hydrogens is 226 g/mol. The van der Waals surface area contributed by atoms with Crippen molar-refractivity contribution in [2.75, 3.05) is 20.2 Å². The molecule has 0 saturated carbocycles. The van der Waals surface area contributed by atoms with Crippen molar-refractivity contribution in [2.24, 2.45) is 0 Å². The van der Waals surface area contributed by atoms with Gasteiger partial charge in [0, 0.05) is 11.6 Å². The van der Waals surface area contributed by atoms with Crippen LogP contribution in [0.1, 0.15) is 17.3 Å². The Morgan fingerprint density at radius 3 is 2.69 bits per heavy atom. The van der Waals surface area contributed by atoms with Crippen LogP contribution in [0.3, 0.4) is 0 Å². The molecule has 0 aliphatic rings. The van der Waals surface area contributed by atoms with Crippen LogP contribution in [0, 0.1) is 0 Å². The molecule has 1 aromatic carbocycles. The molecule has 3 nitrogen and oxygen atoms in total. The third-order valence-electron chi connectivity index (χ3n) is 2.58. The molecule has 0 bridgehead atoms. The molecule has 16 heavy (non-hydrogen) atoms. The first-order chi connectivity index (χ1) is 7.56. The molecule has 0 aliphatic heterocycles. The lowest BCUT2D eigenvalue weighted by molar-refractivity contribution is 0.0890. The molecular formula is C12H16ClNO2. The minimum atomic E-state index is -0.0357. The number of carbonyl (C=O) groups is 1. The Morgan fingerprint density at radius 1 is 1.50 bits per heavy atom. The van der Waals surface area contributed by atoms with Crippen LogP contribution in [0.2, 0.25) is 5.02 Å². The first kappa shape index (κ1) is 13.2. The summed E-state index contributed by atoms with van der Waals surface area (Å²) < 4.78 is 0. The lowest BCUT2D eigenvalue weighted by atomic mass is 10.1. The first-order valence-corrected chi connectivity index (χ1v) is 5.53. The molecule has 0 saturated heterocycles. The Hall–Kier alpha value is -0.900. The predicted octanol–water partition coefficient (Wildman–Crippen LogP) is 1.84. The maximum Gasteiger partial charge on any atom is 0.178 e. The fraction of sp³-hybridized carbons (Fsp3) is 0.417. The second-order valence-corrected chi connectivity index (χ2v) is 4.26. The largest absolute Gasteiger partial charge is 0.395 e. The smallest absolute Gasteiger partial charge is 0.178 e. The molecule has 88 valence electrons. The van der Waals surface area contributed by atoms with E-state index in [-0.39, 0.29) is 25.0 Å². The summed E-state index contributed by atoms with van der Waals surface area (Å²) in [5.74, 6) is -0.0339. The van der Waals surface area contributed by atoms with Gasteiger partial charge in [0.25, 0.3) is 0 Å². The Balaban J connectivity index is 2.70. The van der Waals surface area contributed by atoms with Crippen LogP contribution >= 0.6 is 11.6 Å². The van der Waals surface area contributed by atoms with Gasteiger partial charge in [-0.25, -0.2) is 0 Å². The van der Waals surface area contributed by atoms with Gasteiger partial charge in [0.1, 0.15) is 0 Å². The molecule has 0 fully saturated rings. The Kier molecular flexibility index (Phi) is 4.93. The SMILES string of the molecule is CC(CO)N(C)CC(=O)c1ccccc1Cl. The van der Waals surface area contributed by atoms with Crippen LogP contribution in [0.15, 0.2) is 24.3 Å². The van der Waals surface area contributed by atoms with E-state index >= 15 is 0 Å². The minimum Gasteiger partial charge on any atom is -0.395 e. The van der Waals surface area contributed by atoms with Gasteiger partial charge in [-0.05, 0) is 26.1 Å². The monoisotopic (exact) mass is 241 g/mol. The molecule has 0 heterocycles. The van der Waals surface area contributed by atoms with E-state index in [4.69, 9.17) is 16.7 Å². The Morgan fingerprint density at radius 2 is 2.12 bits per heavy atom. The maximum atomic E-state index is 11.9. The van der Waals surface area contributed by atoms with Crippen LogP contribution in [0.25, 0.3) is 0 Å². The molecule has 1 unspecified atom stereocenters. The van der Waals surface area contributed by atoms with Gasteiger partial charge in [-0.1, -0.05) is 23.7 Å². The quantitative estimate of drug-likeness (QED) is 0.800. The van der Waals surface area contributed by atoms with E-state index in [1.807, 2.05) is 6.92 Å². The zero-order valence-corrected chi connectivity index (χ0v) is 10.2. The minimum absolute atomic E-state index is 0.0339. The number of rotatable bonds is 5. The molecule has 1 aromatic rings. The zero-order valence-electron chi connectivity index (χ0n) is 9.48. The summed E-state index contributed by atoms with van der Waals surface area (Å²) in [6.07, 6.45) is 0. The van der Waals surface area contributed by atoms with Gasteiger partial charge >= 0.3 is 0 Å². The highest BCUT2D eigenvalue weighted by Gasteiger charge is 2.15. The van der Waals surface area contributed by atoms with Crippen LogP contribution in [-0.2, 0) is 0 Å². The molecule has 4 heteroatoms. The standard InChI is InChI=1S/C12H16ClNO2/c1-9(8-15)14(2)7-12(16)10-5-3-4-6-11(10)13/h3-6,9,15H,7-8H2,1-2H3. The van der Waals surface area contributed by atoms with E-state index in [2.05, 4.69) is 0 Å². The van der Waals surface area contributed by atoms with Crippen LogP contribution < -0.4 is 0 Å². The molecule has 0 aromatic heterocycles. The number of Topliss-reactive ketones (excluding diaryl/α,β-unsaturated/α-hetero) is 1. The highest BCUT2D eigenvalue weighted by molar-refractivity contribution is 6.34. The zero-order chi connectivity index (χ0) is 12.1. The molecule has 0 radical (unpaired) electrons. The normalized spacial score (nSPS) is 12.8. The lowest BCUT2D eigenvalue weighted by Gasteiger charge is -2.21. The van der Waals surface area contributed by atoms with Gasteiger partial charge in [-0.2, -0.15) is 0 Å². The van der Waals surface area contributed by atoms with Crippen molar-refractivity contribution in [3.63, 3.8) is 0 Å². The van der Waals surface area contributed by atoms with E-state index in [1.165, 1.54) is 0 Å². The Bertz CT molecular complexity index is 368. The summed E-state index contributed by atoms with van der Waals surface area (Å²) in [7, 11) is 1.80. The van der Waals surface area contributed by atoms with Crippen molar-refractivity contribution in [1.82, 2.24) is 4.90 Å². The first-order valence-electron chi connectivity index (χ1n) is 5.15. The van der Waals surface area contributed by atoms with Gasteiger partial charge in [0.2, 0.25) is 0 Å². The van der Waals surface area contributed by atoms with Crippen molar-refractivity contribution in [3.05, 3.63) is 34.9 Å². The van der Waals surface area contributed by atoms with Gasteiger partial charge in [0.05, 0.1) is 18.2 Å². The average Bonchev–Trinajstić information content (AvgIpc) is 2.28. The van der Waals surface area contributed by atoms with Crippen molar-refractivity contribution in [3.8, 4) is 0 Å². The molecule has 0 aliphatic carbocycles. The van der Waals surface area contributed by atoms with Gasteiger partial charge in [-0.3, -0.25) is 9.69 Å². The number of likely N-dealkylation sites (N-methyl/N-ethyl adjacent to an activating group) is 1. The number of hydrogen-bond acceptors (Lipinski definition) is 3. The second kappa shape index (κ2) is 5.99. The number of aliphatic hydroxyl groups excluding tert-OH is 1. The average molecular weight is 242 g/mol. The number of halogens is 1. The van der Waals surface area contributed by atoms with Gasteiger partial charge < -0.3 is 5.11 Å². The number of ketones is 1. The summed E-state index contributed by atoms with van der Waals surface area (Å²) in [5.41, 5.74) is 0.529. The molecule has 0 spiro atoms. The van der Waals surface area contributed by atoms with E-state index < -0.39 is 0 Å². The maximum absolute atomic E-state index is 11.9. The van der Waals surface area contributed by atoms with Crippen molar-refractivity contribution in [1.29, 1.82) is 0 Å². The third-order valence-corrected chi connectivity index (χ3v) is 2.91. The fourth-order valence-corrected chi connectivity index (χ4v) is 1.54. The number of carbonyl (C=O) groups excluding carboxylic acids is 1. The third kappa shape index (κ3) is 3.30. The number of benzene rings is 1. The van der Waals surface area contributed by atoms with Crippen molar-refractivity contribution in [2.45, 2.75) is 13.0 Å². The van der Waals surface area contributed by atoms with Crippen LogP contribution in [-0.4, -0.2) is 42.0 Å². The van der Waals surface area contributed by atoms with Crippen molar-refractivity contribution < 1.29 is 9.90 Å². The van der Waals surface area contributed by atoms with Crippen molar-refractivity contribution >= 4 is 17.4 Å². The van der Waals surface area contributed by atoms with Gasteiger partial charge in [0.15, 0.2) is 5.78 Å². The lowest BCUT2D eigenvalue weighted by Crippen LogP contribution is -2.36. The number of nitrogens with zero attached hydrogens (tertiary/aromatic N) is 1. The summed E-state index contributed by atoms with van der Waals surface area (Å²) in [6.45, 7) is 2.15. The summed E-state index contributed by atoms with van der Waals surface area (Å²) in [6, 6.07) is 6.95. The summed E-state index contributed by atoms with van der Waals surface area (Å²) in [5, 5.41) is 9.43. The summed E-state index contributed by atoms with van der Waals surface area (Å²) in [4.78, 5) is 13.7. The fourth-order valence-electron chi connectivity index (χ4n) is 1.29. The highest BCUT2D eigenvalue weighted by Crippen LogP contribution is 2.15. The molecule has 0 amide bonds. The predicted molar refractivity (Wildman–Crippen MR) is 65.0 cm³/mol. The van der Waals surface area contributed by atoms with E-state index in [0.717, 1.165) is 0 Å². The summed E-state index contributed by atoms with van der Waals surface area (Å²) >= 11 is 5.93. The highest BCUT2D eigenvalue weighted by atomic mass is 35.5. The van der Waals surface area contributed by atoms with Crippen LogP contribution in [0.5, 0.6) is 0 Å². The van der Waals surface area contributed by atoms with E-state index in [1.54, 1.807) is 36.2 Å². The molecule has 1 N–H and O–H groups in total. The molecule has 1 atom stereocenters.